The fourth-order valence-corrected chi connectivity index (χ4v) is 2.52. The van der Waals surface area contributed by atoms with E-state index < -0.39 is 23.8 Å². The summed E-state index contributed by atoms with van der Waals surface area (Å²) in [4.78, 5) is 39.6. The number of rotatable bonds is 5. The van der Waals surface area contributed by atoms with Crippen LogP contribution in [0.3, 0.4) is 0 Å². The van der Waals surface area contributed by atoms with E-state index in [-0.39, 0.29) is 12.1 Å². The highest BCUT2D eigenvalue weighted by molar-refractivity contribution is 7.16. The van der Waals surface area contributed by atoms with Gasteiger partial charge in [-0.3, -0.25) is 19.0 Å². The van der Waals surface area contributed by atoms with E-state index in [4.69, 9.17) is 5.11 Å². The van der Waals surface area contributed by atoms with Gasteiger partial charge in [0.05, 0.1) is 17.6 Å². The molecule has 2 N–H and O–H groups in total. The fourth-order valence-electron chi connectivity index (χ4n) is 1.80. The van der Waals surface area contributed by atoms with Crippen LogP contribution in [0.25, 0.3) is 10.2 Å². The molecule has 0 aliphatic rings. The van der Waals surface area contributed by atoms with Crippen molar-refractivity contribution in [2.24, 2.45) is 5.92 Å². The van der Waals surface area contributed by atoms with E-state index in [1.54, 1.807) is 18.4 Å². The quantitative estimate of drug-likeness (QED) is 0.846. The number of carboxylic acids is 1. The minimum Gasteiger partial charge on any atom is -0.481 e. The van der Waals surface area contributed by atoms with Gasteiger partial charge in [0.15, 0.2) is 0 Å². The van der Waals surface area contributed by atoms with Crippen molar-refractivity contribution in [1.29, 1.82) is 0 Å². The zero-order valence-electron chi connectivity index (χ0n) is 11.6. The molecule has 2 heterocycles. The Morgan fingerprint density at radius 3 is 2.86 bits per heavy atom. The lowest BCUT2D eigenvalue weighted by molar-refractivity contribution is -0.142. The van der Waals surface area contributed by atoms with Crippen molar-refractivity contribution in [2.45, 2.75) is 26.4 Å². The number of amides is 1. The molecule has 1 amide bonds. The average Bonchev–Trinajstić information content (AvgIpc) is 2.90. The number of aromatic nitrogens is 2. The summed E-state index contributed by atoms with van der Waals surface area (Å²) in [5, 5.41) is 13.7. The van der Waals surface area contributed by atoms with Crippen LogP contribution in [0.2, 0.25) is 0 Å². The van der Waals surface area contributed by atoms with Gasteiger partial charge >= 0.3 is 5.97 Å². The summed E-state index contributed by atoms with van der Waals surface area (Å²) in [7, 11) is 0. The fraction of sp³-hybridized carbons (Fsp3) is 0.385. The van der Waals surface area contributed by atoms with Gasteiger partial charge in [0.25, 0.3) is 5.56 Å². The van der Waals surface area contributed by atoms with E-state index in [9.17, 15) is 14.4 Å². The van der Waals surface area contributed by atoms with Crippen molar-refractivity contribution in [1.82, 2.24) is 14.9 Å². The van der Waals surface area contributed by atoms with Gasteiger partial charge in [-0.15, -0.1) is 11.3 Å². The predicted molar refractivity (Wildman–Crippen MR) is 78.3 cm³/mol. The van der Waals surface area contributed by atoms with Crippen molar-refractivity contribution in [3.63, 3.8) is 0 Å². The number of carbonyl (C=O) groups excluding carboxylic acids is 1. The van der Waals surface area contributed by atoms with Crippen LogP contribution in [0.5, 0.6) is 0 Å². The van der Waals surface area contributed by atoms with Crippen LogP contribution in [0.4, 0.5) is 0 Å². The zero-order chi connectivity index (χ0) is 15.6. The van der Waals surface area contributed by atoms with Gasteiger partial charge < -0.3 is 10.4 Å². The topological polar surface area (TPSA) is 101 Å². The van der Waals surface area contributed by atoms with E-state index >= 15 is 0 Å². The molecule has 0 aromatic carbocycles. The third-order valence-electron chi connectivity index (χ3n) is 3.29. The molecule has 0 aliphatic heterocycles. The Morgan fingerprint density at radius 2 is 2.19 bits per heavy atom. The lowest BCUT2D eigenvalue weighted by Gasteiger charge is -2.17. The average molecular weight is 309 g/mol. The first kappa shape index (κ1) is 15.2. The monoisotopic (exact) mass is 309 g/mol. The van der Waals surface area contributed by atoms with Gasteiger partial charge in [0.2, 0.25) is 5.91 Å². The molecule has 21 heavy (non-hydrogen) atoms. The largest absolute Gasteiger partial charge is 0.481 e. The summed E-state index contributed by atoms with van der Waals surface area (Å²) >= 11 is 1.36. The minimum atomic E-state index is -0.985. The smallest absolute Gasteiger partial charge is 0.308 e. The second-order valence-electron chi connectivity index (χ2n) is 4.80. The lowest BCUT2D eigenvalue weighted by Crippen LogP contribution is -2.42. The van der Waals surface area contributed by atoms with Crippen molar-refractivity contribution in [2.75, 3.05) is 0 Å². The summed E-state index contributed by atoms with van der Waals surface area (Å²) in [6.45, 7) is 2.94. The first-order chi connectivity index (χ1) is 9.90. The van der Waals surface area contributed by atoms with E-state index in [0.29, 0.717) is 10.2 Å². The highest BCUT2D eigenvalue weighted by Gasteiger charge is 2.21. The standard InChI is InChI=1S/C13H15N3O4S/c1-7(13(19)20)8(2)15-10(17)5-16-6-14-11-9(12(16)18)3-4-21-11/h3-4,6-8H,5H2,1-2H3,(H,15,17)(H,19,20). The molecule has 2 aromatic heterocycles. The Labute approximate surface area is 124 Å². The highest BCUT2D eigenvalue weighted by Crippen LogP contribution is 2.13. The number of carboxylic acid groups (broad SMARTS) is 1. The number of nitrogens with zero attached hydrogens (tertiary/aromatic N) is 2. The van der Waals surface area contributed by atoms with Crippen molar-refractivity contribution >= 4 is 33.4 Å². The van der Waals surface area contributed by atoms with Gasteiger partial charge in [-0.2, -0.15) is 0 Å². The predicted octanol–water partition coefficient (Wildman–Crippen LogP) is 0.683. The normalized spacial score (nSPS) is 13.8. The van der Waals surface area contributed by atoms with Crippen LogP contribution in [-0.2, 0) is 16.1 Å². The van der Waals surface area contributed by atoms with Crippen LogP contribution in [0.15, 0.2) is 22.6 Å². The van der Waals surface area contributed by atoms with E-state index in [1.165, 1.54) is 29.2 Å². The molecule has 2 atom stereocenters. The Hall–Kier alpha value is -2.22. The third kappa shape index (κ3) is 3.27. The molecule has 2 rings (SSSR count). The van der Waals surface area contributed by atoms with Crippen LogP contribution in [0.1, 0.15) is 13.8 Å². The number of hydrogen-bond donors (Lipinski definition) is 2. The number of hydrogen-bond acceptors (Lipinski definition) is 5. The SMILES string of the molecule is CC(NC(=O)Cn1cnc2sccc2c1=O)C(C)C(=O)O. The Kier molecular flexibility index (Phi) is 4.37. The van der Waals surface area contributed by atoms with Gasteiger partial charge in [-0.25, -0.2) is 4.98 Å². The molecule has 7 nitrogen and oxygen atoms in total. The second kappa shape index (κ2) is 6.04. The maximum Gasteiger partial charge on any atom is 0.308 e. The number of thiophene rings is 1. The molecule has 112 valence electrons. The van der Waals surface area contributed by atoms with Crippen molar-refractivity contribution in [3.05, 3.63) is 28.1 Å². The molecule has 2 aromatic rings. The molecule has 8 heteroatoms. The molecule has 0 saturated carbocycles. The molecular formula is C13H15N3O4S. The lowest BCUT2D eigenvalue weighted by atomic mass is 10.0. The molecule has 0 saturated heterocycles. The summed E-state index contributed by atoms with van der Waals surface area (Å²) in [5.41, 5.74) is -0.282. The zero-order valence-corrected chi connectivity index (χ0v) is 12.4. The van der Waals surface area contributed by atoms with Crippen LogP contribution in [-0.4, -0.2) is 32.6 Å². The maximum atomic E-state index is 12.1. The number of aliphatic carboxylic acids is 1. The van der Waals surface area contributed by atoms with Gasteiger partial charge in [-0.05, 0) is 25.3 Å². The van der Waals surface area contributed by atoms with E-state index in [2.05, 4.69) is 10.3 Å². The molecule has 0 radical (unpaired) electrons. The summed E-state index contributed by atoms with van der Waals surface area (Å²) in [6.07, 6.45) is 1.33. The maximum absolute atomic E-state index is 12.1. The molecule has 2 unspecified atom stereocenters. The van der Waals surface area contributed by atoms with E-state index in [1.807, 2.05) is 0 Å². The molecule has 0 bridgehead atoms. The van der Waals surface area contributed by atoms with E-state index in [0.717, 1.165) is 0 Å². The number of fused-ring (bicyclic) bond motifs is 1. The van der Waals surface area contributed by atoms with Crippen LogP contribution >= 0.6 is 11.3 Å². The second-order valence-corrected chi connectivity index (χ2v) is 5.69. The Morgan fingerprint density at radius 1 is 1.48 bits per heavy atom. The molecular weight excluding hydrogens is 294 g/mol. The summed E-state index contributed by atoms with van der Waals surface area (Å²) in [6, 6.07) is 1.14. The van der Waals surface area contributed by atoms with Gasteiger partial charge in [-0.1, -0.05) is 0 Å². The van der Waals surface area contributed by atoms with Crippen molar-refractivity contribution in [3.8, 4) is 0 Å². The Balaban J connectivity index is 2.09. The highest BCUT2D eigenvalue weighted by atomic mass is 32.1. The van der Waals surface area contributed by atoms with Gasteiger partial charge in [0, 0.05) is 6.04 Å². The number of nitrogens with one attached hydrogen (secondary N) is 1. The van der Waals surface area contributed by atoms with Crippen molar-refractivity contribution < 1.29 is 14.7 Å². The third-order valence-corrected chi connectivity index (χ3v) is 4.11. The van der Waals surface area contributed by atoms with Crippen LogP contribution < -0.4 is 10.9 Å². The molecule has 0 aliphatic carbocycles. The Bertz CT molecular complexity index is 736. The molecule has 0 fully saturated rings. The number of carbonyl (C=O) groups is 2. The minimum absolute atomic E-state index is 0.186. The van der Waals surface area contributed by atoms with Gasteiger partial charge in [0.1, 0.15) is 11.4 Å². The summed E-state index contributed by atoms with van der Waals surface area (Å²) < 4.78 is 1.21. The first-order valence-corrected chi connectivity index (χ1v) is 7.23. The van der Waals surface area contributed by atoms with Crippen LogP contribution in [0, 0.1) is 5.92 Å². The first-order valence-electron chi connectivity index (χ1n) is 6.35. The summed E-state index contributed by atoms with van der Waals surface area (Å²) in [5.74, 6) is -2.11. The molecule has 0 spiro atoms.